The van der Waals surface area contributed by atoms with Gasteiger partial charge >= 0.3 is 6.09 Å². The van der Waals surface area contributed by atoms with Crippen LogP contribution < -0.4 is 10.9 Å². The van der Waals surface area contributed by atoms with E-state index in [-0.39, 0.29) is 0 Å². The third-order valence-corrected chi connectivity index (χ3v) is 4.81. The number of ether oxygens (including phenoxy) is 1. The number of amides is 1. The van der Waals surface area contributed by atoms with Gasteiger partial charge in [-0.2, -0.15) is 0 Å². The average Bonchev–Trinajstić information content (AvgIpc) is 2.80. The Hall–Kier alpha value is -1.79. The minimum absolute atomic E-state index is 0.421. The predicted molar refractivity (Wildman–Crippen MR) is 84.5 cm³/mol. The van der Waals surface area contributed by atoms with Gasteiger partial charge in [-0.25, -0.2) is 15.6 Å². The SMILES string of the molecule is C[Si](C)(C)CCOC(=O)N(N)c1c[nH]c2ccccc12. The highest BCUT2D eigenvalue weighted by atomic mass is 28.3. The molecule has 1 heterocycles. The highest BCUT2D eigenvalue weighted by Gasteiger charge is 2.19. The summed E-state index contributed by atoms with van der Waals surface area (Å²) in [5.41, 5.74) is 1.56. The van der Waals surface area contributed by atoms with Crippen molar-refractivity contribution in [3.05, 3.63) is 30.5 Å². The zero-order valence-electron chi connectivity index (χ0n) is 12.1. The van der Waals surface area contributed by atoms with E-state index in [2.05, 4.69) is 24.6 Å². The van der Waals surface area contributed by atoms with Gasteiger partial charge in [0.2, 0.25) is 0 Å². The molecule has 0 aliphatic heterocycles. The van der Waals surface area contributed by atoms with Gasteiger partial charge in [0, 0.05) is 25.2 Å². The molecule has 5 nitrogen and oxygen atoms in total. The minimum Gasteiger partial charge on any atom is -0.449 e. The van der Waals surface area contributed by atoms with Crippen LogP contribution in [0, 0.1) is 0 Å². The van der Waals surface area contributed by atoms with Crippen LogP contribution in [0.15, 0.2) is 30.5 Å². The van der Waals surface area contributed by atoms with Gasteiger partial charge in [-0.05, 0) is 12.1 Å². The molecule has 0 fully saturated rings. The van der Waals surface area contributed by atoms with E-state index in [0.29, 0.717) is 12.3 Å². The molecular formula is C14H21N3O2Si. The maximum atomic E-state index is 12.0. The lowest BCUT2D eigenvalue weighted by molar-refractivity contribution is 0.159. The molecule has 0 saturated heterocycles. The summed E-state index contributed by atoms with van der Waals surface area (Å²) in [6.07, 6.45) is 1.19. The summed E-state index contributed by atoms with van der Waals surface area (Å²) in [4.78, 5) is 15.0. The van der Waals surface area contributed by atoms with Crippen molar-refractivity contribution in [1.29, 1.82) is 0 Å². The molecule has 0 radical (unpaired) electrons. The number of carbonyl (C=O) groups is 1. The van der Waals surface area contributed by atoms with E-state index in [9.17, 15) is 4.79 Å². The number of nitrogens with one attached hydrogen (secondary N) is 1. The van der Waals surface area contributed by atoms with E-state index in [1.54, 1.807) is 6.20 Å². The van der Waals surface area contributed by atoms with Crippen LogP contribution in [0.25, 0.3) is 10.9 Å². The highest BCUT2D eigenvalue weighted by molar-refractivity contribution is 6.76. The molecule has 0 unspecified atom stereocenters. The van der Waals surface area contributed by atoms with E-state index < -0.39 is 14.2 Å². The number of H-pyrrole nitrogens is 1. The quantitative estimate of drug-likeness (QED) is 0.393. The molecule has 0 saturated carbocycles. The number of para-hydroxylation sites is 1. The van der Waals surface area contributed by atoms with Gasteiger partial charge < -0.3 is 9.72 Å². The Labute approximate surface area is 119 Å². The van der Waals surface area contributed by atoms with Crippen LogP contribution >= 0.6 is 0 Å². The molecule has 2 aromatic rings. The fraction of sp³-hybridized carbons (Fsp3) is 0.357. The van der Waals surface area contributed by atoms with Crippen LogP contribution in [-0.4, -0.2) is 25.8 Å². The number of hydrogen-bond acceptors (Lipinski definition) is 3. The number of aromatic amines is 1. The van der Waals surface area contributed by atoms with Gasteiger partial charge in [0.05, 0.1) is 12.3 Å². The standard InChI is InChI=1S/C14H21N3O2Si/c1-20(2,3)9-8-19-14(18)17(15)13-10-16-12-7-5-4-6-11(12)13/h4-7,10,16H,8-9,15H2,1-3H3. The van der Waals surface area contributed by atoms with Crippen molar-refractivity contribution in [1.82, 2.24) is 4.98 Å². The first-order chi connectivity index (χ1) is 9.38. The zero-order valence-corrected chi connectivity index (χ0v) is 13.1. The molecule has 0 aliphatic rings. The fourth-order valence-corrected chi connectivity index (χ4v) is 2.58. The van der Waals surface area contributed by atoms with Crippen molar-refractivity contribution in [2.75, 3.05) is 11.6 Å². The van der Waals surface area contributed by atoms with Gasteiger partial charge in [0.15, 0.2) is 0 Å². The summed E-state index contributed by atoms with van der Waals surface area (Å²) in [6.45, 7) is 7.13. The van der Waals surface area contributed by atoms with Gasteiger partial charge in [-0.1, -0.05) is 37.8 Å². The number of hydrazine groups is 1. The molecule has 3 N–H and O–H groups in total. The highest BCUT2D eigenvalue weighted by Crippen LogP contribution is 2.25. The molecule has 1 aromatic heterocycles. The normalized spacial score (nSPS) is 11.6. The number of hydrogen-bond donors (Lipinski definition) is 2. The van der Waals surface area contributed by atoms with Crippen molar-refractivity contribution in [2.24, 2.45) is 5.84 Å². The van der Waals surface area contributed by atoms with E-state index in [0.717, 1.165) is 22.0 Å². The lowest BCUT2D eigenvalue weighted by Gasteiger charge is -2.18. The summed E-state index contributed by atoms with van der Waals surface area (Å²) in [5, 5.41) is 1.96. The summed E-state index contributed by atoms with van der Waals surface area (Å²) >= 11 is 0. The molecular weight excluding hydrogens is 270 g/mol. The van der Waals surface area contributed by atoms with Gasteiger partial charge in [-0.15, -0.1) is 0 Å². The Kier molecular flexibility index (Phi) is 4.15. The number of rotatable bonds is 4. The van der Waals surface area contributed by atoms with Crippen molar-refractivity contribution in [3.8, 4) is 0 Å². The second kappa shape index (κ2) is 5.68. The predicted octanol–water partition coefficient (Wildman–Crippen LogP) is 3.32. The van der Waals surface area contributed by atoms with Crippen LogP contribution in [0.3, 0.4) is 0 Å². The second-order valence-corrected chi connectivity index (χ2v) is 11.6. The van der Waals surface area contributed by atoms with E-state index in [4.69, 9.17) is 10.6 Å². The number of carbonyl (C=O) groups excluding carboxylic acids is 1. The number of nitrogens with two attached hydrogens (primary N) is 1. The van der Waals surface area contributed by atoms with Crippen molar-refractivity contribution in [2.45, 2.75) is 25.7 Å². The Morgan fingerprint density at radius 3 is 2.75 bits per heavy atom. The summed E-state index contributed by atoms with van der Waals surface area (Å²) in [6, 6.07) is 8.61. The van der Waals surface area contributed by atoms with Crippen LogP contribution in [-0.2, 0) is 4.74 Å². The maximum absolute atomic E-state index is 12.0. The van der Waals surface area contributed by atoms with Crippen LogP contribution in [0.1, 0.15) is 0 Å². The number of anilines is 1. The van der Waals surface area contributed by atoms with Gasteiger partial charge in [0.1, 0.15) is 0 Å². The molecule has 2 rings (SSSR count). The number of benzene rings is 1. The first kappa shape index (κ1) is 14.6. The first-order valence-electron chi connectivity index (χ1n) is 6.66. The van der Waals surface area contributed by atoms with Crippen LogP contribution in [0.4, 0.5) is 10.5 Å². The maximum Gasteiger partial charge on any atom is 0.428 e. The lowest BCUT2D eigenvalue weighted by Crippen LogP contribution is -2.38. The van der Waals surface area contributed by atoms with E-state index in [1.165, 1.54) is 0 Å². The number of aromatic nitrogens is 1. The molecule has 0 spiro atoms. The average molecular weight is 291 g/mol. The minimum atomic E-state index is -1.21. The Morgan fingerprint density at radius 2 is 2.05 bits per heavy atom. The van der Waals surface area contributed by atoms with Crippen molar-refractivity contribution in [3.63, 3.8) is 0 Å². The summed E-state index contributed by atoms with van der Waals surface area (Å²) in [5.74, 6) is 5.85. The third kappa shape index (κ3) is 3.40. The first-order valence-corrected chi connectivity index (χ1v) is 10.4. The zero-order chi connectivity index (χ0) is 14.8. The largest absolute Gasteiger partial charge is 0.449 e. The molecule has 0 aliphatic carbocycles. The molecule has 0 bridgehead atoms. The lowest BCUT2D eigenvalue weighted by atomic mass is 10.2. The molecule has 108 valence electrons. The third-order valence-electron chi connectivity index (χ3n) is 3.10. The summed E-state index contributed by atoms with van der Waals surface area (Å²) in [7, 11) is -1.21. The van der Waals surface area contributed by atoms with E-state index >= 15 is 0 Å². The topological polar surface area (TPSA) is 71.3 Å². The van der Waals surface area contributed by atoms with Crippen LogP contribution in [0.5, 0.6) is 0 Å². The second-order valence-electron chi connectivity index (χ2n) is 6.01. The molecule has 20 heavy (non-hydrogen) atoms. The number of nitrogens with zero attached hydrogens (tertiary/aromatic N) is 1. The fourth-order valence-electron chi connectivity index (χ4n) is 1.87. The Bertz CT molecular complexity index is 604. The number of fused-ring (bicyclic) bond motifs is 1. The Morgan fingerprint density at radius 1 is 1.35 bits per heavy atom. The van der Waals surface area contributed by atoms with Crippen molar-refractivity contribution >= 4 is 30.8 Å². The monoisotopic (exact) mass is 291 g/mol. The summed E-state index contributed by atoms with van der Waals surface area (Å²) < 4.78 is 5.24. The molecule has 6 heteroatoms. The van der Waals surface area contributed by atoms with Crippen molar-refractivity contribution < 1.29 is 9.53 Å². The molecule has 0 atom stereocenters. The van der Waals surface area contributed by atoms with Gasteiger partial charge in [-0.3, -0.25) is 0 Å². The smallest absolute Gasteiger partial charge is 0.428 e. The van der Waals surface area contributed by atoms with Gasteiger partial charge in [0.25, 0.3) is 0 Å². The Balaban J connectivity index is 2.03. The molecule has 1 amide bonds. The van der Waals surface area contributed by atoms with E-state index in [1.807, 2.05) is 24.3 Å². The molecule has 1 aromatic carbocycles. The van der Waals surface area contributed by atoms with Crippen LogP contribution in [0.2, 0.25) is 25.7 Å².